The number of rotatable bonds is 5. The van der Waals surface area contributed by atoms with Crippen LogP contribution in [0, 0.1) is 13.8 Å². The van der Waals surface area contributed by atoms with E-state index >= 15 is 0 Å². The molecule has 1 N–H and O–H groups in total. The molecule has 3 heterocycles. The highest BCUT2D eigenvalue weighted by Gasteiger charge is 2.35. The summed E-state index contributed by atoms with van der Waals surface area (Å²) < 4.78 is 34.1. The lowest BCUT2D eigenvalue weighted by Gasteiger charge is -2.31. The van der Waals surface area contributed by atoms with Gasteiger partial charge in [0, 0.05) is 25.2 Å². The van der Waals surface area contributed by atoms with E-state index in [1.165, 1.54) is 4.31 Å². The van der Waals surface area contributed by atoms with Crippen molar-refractivity contribution < 1.29 is 18.0 Å². The van der Waals surface area contributed by atoms with Crippen LogP contribution in [0.25, 0.3) is 0 Å². The molecule has 0 radical (unpaired) electrons. The minimum absolute atomic E-state index is 0.0261. The standard InChI is InChI=1S/C15H22N4O4S/c1-11-15(12(2)23-17-11)24(21,22)19-6-3-4-13(10-19)14-5-7-18(16-14)8-9-20/h5,7,13,20H,3-4,6,8-10H2,1-2H3. The van der Waals surface area contributed by atoms with Gasteiger partial charge in [-0.2, -0.15) is 9.40 Å². The van der Waals surface area contributed by atoms with Gasteiger partial charge in [-0.3, -0.25) is 4.68 Å². The largest absolute Gasteiger partial charge is 0.394 e. The van der Waals surface area contributed by atoms with Gasteiger partial charge in [0.05, 0.1) is 18.8 Å². The third kappa shape index (κ3) is 3.11. The van der Waals surface area contributed by atoms with E-state index in [4.69, 9.17) is 9.63 Å². The molecule has 8 nitrogen and oxygen atoms in total. The molecule has 24 heavy (non-hydrogen) atoms. The van der Waals surface area contributed by atoms with Crippen LogP contribution in [0.5, 0.6) is 0 Å². The third-order valence-corrected chi connectivity index (χ3v) is 6.47. The summed E-state index contributed by atoms with van der Waals surface area (Å²) >= 11 is 0. The molecule has 0 saturated carbocycles. The number of aromatic nitrogens is 3. The lowest BCUT2D eigenvalue weighted by Crippen LogP contribution is -2.39. The van der Waals surface area contributed by atoms with E-state index in [1.54, 1.807) is 18.5 Å². The summed E-state index contributed by atoms with van der Waals surface area (Å²) in [5.74, 6) is 0.371. The molecule has 2 aromatic rings. The SMILES string of the molecule is Cc1noc(C)c1S(=O)(=O)N1CCCC(c2ccn(CCO)n2)C1. The Bertz CT molecular complexity index is 792. The van der Waals surface area contributed by atoms with Crippen LogP contribution in [0.3, 0.4) is 0 Å². The summed E-state index contributed by atoms with van der Waals surface area (Å²) in [7, 11) is -3.62. The Hall–Kier alpha value is -1.71. The fourth-order valence-corrected chi connectivity index (χ4v) is 5.01. The molecule has 0 amide bonds. The van der Waals surface area contributed by atoms with Gasteiger partial charge < -0.3 is 9.63 Å². The number of sulfonamides is 1. The van der Waals surface area contributed by atoms with Gasteiger partial charge in [-0.25, -0.2) is 8.42 Å². The van der Waals surface area contributed by atoms with Crippen LogP contribution < -0.4 is 0 Å². The Morgan fingerprint density at radius 1 is 1.42 bits per heavy atom. The number of hydrogen-bond acceptors (Lipinski definition) is 6. The molecule has 0 bridgehead atoms. The van der Waals surface area contributed by atoms with Gasteiger partial charge >= 0.3 is 0 Å². The number of aliphatic hydroxyl groups excluding tert-OH is 1. The van der Waals surface area contributed by atoms with Gasteiger partial charge in [-0.1, -0.05) is 5.16 Å². The molecule has 1 aliphatic heterocycles. The fraction of sp³-hybridized carbons (Fsp3) is 0.600. The molecule has 1 saturated heterocycles. The van der Waals surface area contributed by atoms with E-state index < -0.39 is 10.0 Å². The minimum Gasteiger partial charge on any atom is -0.394 e. The van der Waals surface area contributed by atoms with Gasteiger partial charge in [0.15, 0.2) is 5.76 Å². The summed E-state index contributed by atoms with van der Waals surface area (Å²) in [5.41, 5.74) is 1.25. The molecule has 0 spiro atoms. The molecule has 0 aromatic carbocycles. The van der Waals surface area contributed by atoms with Crippen LogP contribution in [-0.2, 0) is 16.6 Å². The zero-order chi connectivity index (χ0) is 17.3. The zero-order valence-electron chi connectivity index (χ0n) is 13.8. The highest BCUT2D eigenvalue weighted by Crippen LogP contribution is 2.31. The molecular formula is C15H22N4O4S. The number of aliphatic hydroxyl groups is 1. The molecule has 1 unspecified atom stereocenters. The van der Waals surface area contributed by atoms with Crippen LogP contribution >= 0.6 is 0 Å². The maximum Gasteiger partial charge on any atom is 0.248 e. The Morgan fingerprint density at radius 3 is 2.88 bits per heavy atom. The minimum atomic E-state index is -3.62. The first-order valence-electron chi connectivity index (χ1n) is 8.00. The van der Waals surface area contributed by atoms with Gasteiger partial charge in [-0.15, -0.1) is 0 Å². The van der Waals surface area contributed by atoms with Crippen LogP contribution in [0.2, 0.25) is 0 Å². The van der Waals surface area contributed by atoms with Crippen LogP contribution in [0.4, 0.5) is 0 Å². The Labute approximate surface area is 141 Å². The van der Waals surface area contributed by atoms with Crippen molar-refractivity contribution in [2.24, 2.45) is 0 Å². The summed E-state index contributed by atoms with van der Waals surface area (Å²) in [5, 5.41) is 17.2. The maximum atomic E-state index is 12.9. The molecule has 0 aliphatic carbocycles. The zero-order valence-corrected chi connectivity index (χ0v) is 14.7. The Morgan fingerprint density at radius 2 is 2.21 bits per heavy atom. The average molecular weight is 354 g/mol. The van der Waals surface area contributed by atoms with Crippen molar-refractivity contribution in [1.29, 1.82) is 0 Å². The maximum absolute atomic E-state index is 12.9. The number of nitrogens with zero attached hydrogens (tertiary/aromatic N) is 4. The molecule has 1 fully saturated rings. The van der Waals surface area contributed by atoms with Crippen molar-refractivity contribution in [2.75, 3.05) is 19.7 Å². The summed E-state index contributed by atoms with van der Waals surface area (Å²) in [6.45, 7) is 4.60. The molecule has 9 heteroatoms. The van der Waals surface area contributed by atoms with Crippen molar-refractivity contribution in [3.8, 4) is 0 Å². The Kier molecular flexibility index (Phi) is 4.75. The first-order chi connectivity index (χ1) is 11.4. The molecule has 3 rings (SSSR count). The average Bonchev–Trinajstić information content (AvgIpc) is 3.15. The third-order valence-electron chi connectivity index (χ3n) is 4.36. The van der Waals surface area contributed by atoms with E-state index in [2.05, 4.69) is 10.3 Å². The lowest BCUT2D eigenvalue weighted by atomic mass is 9.96. The van der Waals surface area contributed by atoms with Crippen molar-refractivity contribution in [3.63, 3.8) is 0 Å². The first kappa shape index (κ1) is 17.1. The second-order valence-electron chi connectivity index (χ2n) is 6.08. The van der Waals surface area contributed by atoms with E-state index in [1.807, 2.05) is 12.3 Å². The van der Waals surface area contributed by atoms with Gasteiger partial charge in [0.1, 0.15) is 10.6 Å². The normalized spacial score (nSPS) is 19.7. The van der Waals surface area contributed by atoms with E-state index in [-0.39, 0.29) is 17.4 Å². The topological polar surface area (TPSA) is 101 Å². The molecule has 1 atom stereocenters. The van der Waals surface area contributed by atoms with Crippen LogP contribution in [0.15, 0.2) is 21.7 Å². The fourth-order valence-electron chi connectivity index (χ4n) is 3.20. The molecule has 1 aliphatic rings. The quantitative estimate of drug-likeness (QED) is 0.861. The smallest absolute Gasteiger partial charge is 0.248 e. The first-order valence-corrected chi connectivity index (χ1v) is 9.44. The number of aryl methyl sites for hydroxylation is 2. The molecule has 2 aromatic heterocycles. The van der Waals surface area contributed by atoms with Gasteiger partial charge in [0.2, 0.25) is 10.0 Å². The second-order valence-corrected chi connectivity index (χ2v) is 7.96. The number of hydrogen-bond donors (Lipinski definition) is 1. The van der Waals surface area contributed by atoms with Crippen molar-refractivity contribution in [2.45, 2.75) is 44.0 Å². The van der Waals surface area contributed by atoms with Crippen molar-refractivity contribution in [3.05, 3.63) is 29.4 Å². The van der Waals surface area contributed by atoms with Gasteiger partial charge in [0.25, 0.3) is 0 Å². The molecule has 132 valence electrons. The highest BCUT2D eigenvalue weighted by molar-refractivity contribution is 7.89. The number of piperidine rings is 1. The molecular weight excluding hydrogens is 332 g/mol. The van der Waals surface area contributed by atoms with E-state index in [0.717, 1.165) is 18.5 Å². The predicted molar refractivity (Wildman–Crippen MR) is 86.0 cm³/mol. The summed E-state index contributed by atoms with van der Waals surface area (Å²) in [6, 6.07) is 1.90. The van der Waals surface area contributed by atoms with Crippen LogP contribution in [0.1, 0.15) is 35.9 Å². The lowest BCUT2D eigenvalue weighted by molar-refractivity contribution is 0.267. The highest BCUT2D eigenvalue weighted by atomic mass is 32.2. The predicted octanol–water partition coefficient (Wildman–Crippen LogP) is 1.05. The second kappa shape index (κ2) is 6.66. The summed E-state index contributed by atoms with van der Waals surface area (Å²) in [6.07, 6.45) is 3.48. The summed E-state index contributed by atoms with van der Waals surface area (Å²) in [4.78, 5) is 0.175. The van der Waals surface area contributed by atoms with Crippen molar-refractivity contribution >= 4 is 10.0 Å². The van der Waals surface area contributed by atoms with E-state index in [9.17, 15) is 8.42 Å². The van der Waals surface area contributed by atoms with Crippen molar-refractivity contribution in [1.82, 2.24) is 19.2 Å². The van der Waals surface area contributed by atoms with E-state index in [0.29, 0.717) is 31.1 Å². The monoisotopic (exact) mass is 354 g/mol. The van der Waals surface area contributed by atoms with Crippen LogP contribution in [-0.4, -0.2) is 52.5 Å². The Balaban J connectivity index is 1.82. The van der Waals surface area contributed by atoms with Gasteiger partial charge in [-0.05, 0) is 32.8 Å².